The van der Waals surface area contributed by atoms with Crippen LogP contribution >= 0.6 is 11.6 Å². The van der Waals surface area contributed by atoms with Gasteiger partial charge in [-0.2, -0.15) is 4.73 Å². The Hall–Kier alpha value is -2.06. The van der Waals surface area contributed by atoms with Crippen molar-refractivity contribution in [1.82, 2.24) is 0 Å². The Labute approximate surface area is 111 Å². The first-order valence-electron chi connectivity index (χ1n) is 5.54. The molecule has 18 heavy (non-hydrogen) atoms. The molecular formula is C15H12ClNO. The lowest BCUT2D eigenvalue weighted by molar-refractivity contribution is -0.605. The van der Waals surface area contributed by atoms with Gasteiger partial charge in [0.1, 0.15) is 0 Å². The van der Waals surface area contributed by atoms with Crippen molar-refractivity contribution in [2.24, 2.45) is 0 Å². The van der Waals surface area contributed by atoms with Crippen molar-refractivity contribution in [3.63, 3.8) is 0 Å². The smallest absolute Gasteiger partial charge is 0.180 e. The fourth-order valence-corrected chi connectivity index (χ4v) is 1.81. The van der Waals surface area contributed by atoms with Crippen molar-refractivity contribution in [1.29, 1.82) is 0 Å². The van der Waals surface area contributed by atoms with E-state index < -0.39 is 0 Å². The molecule has 3 aromatic rings. The maximum atomic E-state index is 10.2. The topological polar surface area (TPSA) is 26.9 Å². The van der Waals surface area contributed by atoms with Gasteiger partial charge in [0.15, 0.2) is 12.4 Å². The number of rotatable bonds is 0. The molecule has 0 unspecified atom stereocenters. The molecule has 3 heteroatoms. The second-order valence-corrected chi connectivity index (χ2v) is 4.10. The van der Waals surface area contributed by atoms with Crippen LogP contribution in [0.1, 0.15) is 0 Å². The van der Waals surface area contributed by atoms with Crippen molar-refractivity contribution >= 4 is 22.4 Å². The van der Waals surface area contributed by atoms with Crippen LogP contribution in [-0.2, 0) is 0 Å². The molecule has 0 bridgehead atoms. The number of aromatic nitrogens is 1. The SMILES string of the molecule is Clc1cccc2ccccc12.[O-][n+]1ccccc1. The Bertz CT molecular complexity index is 620. The number of fused-ring (bicyclic) bond motifs is 1. The van der Waals surface area contributed by atoms with Gasteiger partial charge in [-0.15, -0.1) is 0 Å². The van der Waals surface area contributed by atoms with Crippen LogP contribution in [0.4, 0.5) is 0 Å². The summed E-state index contributed by atoms with van der Waals surface area (Å²) in [6.45, 7) is 0. The maximum Gasteiger partial charge on any atom is 0.180 e. The predicted octanol–water partition coefficient (Wildman–Crippen LogP) is 3.81. The van der Waals surface area contributed by atoms with Crippen LogP contribution in [-0.4, -0.2) is 0 Å². The molecule has 0 saturated heterocycles. The summed E-state index contributed by atoms with van der Waals surface area (Å²) in [6, 6.07) is 19.2. The first kappa shape index (κ1) is 12.4. The number of benzene rings is 2. The van der Waals surface area contributed by atoms with E-state index in [2.05, 4.69) is 12.1 Å². The van der Waals surface area contributed by atoms with Gasteiger partial charge in [-0.3, -0.25) is 0 Å². The maximum absolute atomic E-state index is 10.2. The molecule has 0 spiro atoms. The van der Waals surface area contributed by atoms with Crippen molar-refractivity contribution in [2.45, 2.75) is 0 Å². The van der Waals surface area contributed by atoms with Crippen molar-refractivity contribution < 1.29 is 4.73 Å². The number of nitrogens with zero attached hydrogens (tertiary/aromatic N) is 1. The van der Waals surface area contributed by atoms with E-state index in [-0.39, 0.29) is 0 Å². The molecule has 2 nitrogen and oxygen atoms in total. The Morgan fingerprint density at radius 2 is 1.44 bits per heavy atom. The van der Waals surface area contributed by atoms with Crippen LogP contribution in [0.25, 0.3) is 10.8 Å². The highest BCUT2D eigenvalue weighted by molar-refractivity contribution is 6.35. The average Bonchev–Trinajstić information content (AvgIpc) is 2.41. The van der Waals surface area contributed by atoms with Gasteiger partial charge in [0.05, 0.1) is 0 Å². The van der Waals surface area contributed by atoms with Gasteiger partial charge >= 0.3 is 0 Å². The minimum absolute atomic E-state index is 0.750. The lowest BCUT2D eigenvalue weighted by atomic mass is 10.1. The van der Waals surface area contributed by atoms with Gasteiger partial charge in [0.2, 0.25) is 0 Å². The standard InChI is InChI=1S/C10H7Cl.C5H5NO/c11-10-7-3-5-8-4-1-2-6-9(8)10;7-6-4-2-1-3-5-6/h1-7H;1-5H. The molecule has 1 aromatic heterocycles. The number of halogens is 1. The lowest BCUT2D eigenvalue weighted by Crippen LogP contribution is -2.22. The van der Waals surface area contributed by atoms with E-state index in [0.717, 1.165) is 15.1 Å². The molecule has 0 amide bonds. The van der Waals surface area contributed by atoms with Gasteiger partial charge in [-0.25, -0.2) is 0 Å². The van der Waals surface area contributed by atoms with E-state index >= 15 is 0 Å². The van der Waals surface area contributed by atoms with E-state index in [0.29, 0.717) is 0 Å². The molecule has 0 aliphatic rings. The quantitative estimate of drug-likeness (QED) is 0.444. The molecule has 0 saturated carbocycles. The van der Waals surface area contributed by atoms with Crippen molar-refractivity contribution in [2.75, 3.05) is 0 Å². The molecule has 90 valence electrons. The molecule has 1 heterocycles. The summed E-state index contributed by atoms with van der Waals surface area (Å²) < 4.78 is 0.750. The predicted molar refractivity (Wildman–Crippen MR) is 74.4 cm³/mol. The van der Waals surface area contributed by atoms with Crippen LogP contribution in [0.5, 0.6) is 0 Å². The molecular weight excluding hydrogens is 246 g/mol. The summed E-state index contributed by atoms with van der Waals surface area (Å²) in [7, 11) is 0. The first-order valence-corrected chi connectivity index (χ1v) is 5.92. The summed E-state index contributed by atoms with van der Waals surface area (Å²) >= 11 is 5.96. The number of hydrogen-bond donors (Lipinski definition) is 0. The number of hydrogen-bond acceptors (Lipinski definition) is 1. The van der Waals surface area contributed by atoms with Gasteiger partial charge in [-0.05, 0) is 11.5 Å². The van der Waals surface area contributed by atoms with E-state index in [1.165, 1.54) is 17.8 Å². The minimum atomic E-state index is 0.750. The Kier molecular flexibility index (Phi) is 4.15. The highest BCUT2D eigenvalue weighted by Crippen LogP contribution is 2.21. The summed E-state index contributed by atoms with van der Waals surface area (Å²) in [5.41, 5.74) is 0. The minimum Gasteiger partial charge on any atom is -0.619 e. The molecule has 0 atom stereocenters. The van der Waals surface area contributed by atoms with Gasteiger partial charge < -0.3 is 5.21 Å². The van der Waals surface area contributed by atoms with Gasteiger partial charge in [-0.1, -0.05) is 54.1 Å². The molecule has 0 aliphatic carbocycles. The van der Waals surface area contributed by atoms with Gasteiger partial charge in [0, 0.05) is 22.5 Å². The van der Waals surface area contributed by atoms with E-state index in [1.807, 2.05) is 30.3 Å². The Morgan fingerprint density at radius 3 is 2.06 bits per heavy atom. The summed E-state index contributed by atoms with van der Waals surface area (Å²) in [6.07, 6.45) is 2.89. The second-order valence-electron chi connectivity index (χ2n) is 3.70. The third-order valence-electron chi connectivity index (χ3n) is 2.42. The van der Waals surface area contributed by atoms with Crippen LogP contribution in [0.2, 0.25) is 5.02 Å². The first-order chi connectivity index (χ1) is 8.77. The highest BCUT2D eigenvalue weighted by atomic mass is 35.5. The third kappa shape index (κ3) is 3.22. The zero-order valence-electron chi connectivity index (χ0n) is 9.66. The van der Waals surface area contributed by atoms with Crippen LogP contribution in [0.3, 0.4) is 0 Å². The Balaban J connectivity index is 0.000000149. The Morgan fingerprint density at radius 1 is 0.778 bits per heavy atom. The molecule has 3 rings (SSSR count). The largest absolute Gasteiger partial charge is 0.619 e. The summed E-state index contributed by atoms with van der Waals surface area (Å²) in [5, 5.41) is 13.3. The van der Waals surface area contributed by atoms with Crippen LogP contribution < -0.4 is 4.73 Å². The van der Waals surface area contributed by atoms with Crippen molar-refractivity contribution in [3.05, 3.63) is 83.3 Å². The monoisotopic (exact) mass is 257 g/mol. The second kappa shape index (κ2) is 6.03. The zero-order valence-corrected chi connectivity index (χ0v) is 10.4. The summed E-state index contributed by atoms with van der Waals surface area (Å²) in [5.74, 6) is 0. The van der Waals surface area contributed by atoms with Crippen molar-refractivity contribution in [3.8, 4) is 0 Å². The van der Waals surface area contributed by atoms with Gasteiger partial charge in [0.25, 0.3) is 0 Å². The zero-order chi connectivity index (χ0) is 12.8. The normalized spacial score (nSPS) is 9.61. The highest BCUT2D eigenvalue weighted by Gasteiger charge is 1.93. The van der Waals surface area contributed by atoms with Crippen LogP contribution in [0, 0.1) is 5.21 Å². The van der Waals surface area contributed by atoms with Crippen LogP contribution in [0.15, 0.2) is 73.1 Å². The fourth-order valence-electron chi connectivity index (χ4n) is 1.57. The van der Waals surface area contributed by atoms with E-state index in [9.17, 15) is 5.21 Å². The third-order valence-corrected chi connectivity index (χ3v) is 2.75. The fraction of sp³-hybridized carbons (Fsp3) is 0. The molecule has 2 aromatic carbocycles. The number of pyridine rings is 1. The summed E-state index contributed by atoms with van der Waals surface area (Å²) in [4.78, 5) is 0. The molecule has 0 N–H and O–H groups in total. The van der Waals surface area contributed by atoms with E-state index in [1.54, 1.807) is 18.2 Å². The van der Waals surface area contributed by atoms with E-state index in [4.69, 9.17) is 11.6 Å². The molecule has 0 aliphatic heterocycles. The lowest BCUT2D eigenvalue weighted by Gasteiger charge is -1.97. The molecule has 0 fully saturated rings. The average molecular weight is 258 g/mol. The molecule has 0 radical (unpaired) electrons.